The maximum absolute atomic E-state index is 14.9. The van der Waals surface area contributed by atoms with Crippen molar-refractivity contribution < 1.29 is 53.8 Å². The molecule has 6 rings (SSSR count). The van der Waals surface area contributed by atoms with Crippen LogP contribution in [0.5, 0.6) is 5.75 Å². The van der Waals surface area contributed by atoms with E-state index in [1.54, 1.807) is 11.0 Å². The van der Waals surface area contributed by atoms with Crippen LogP contribution < -0.4 is 10.1 Å². The van der Waals surface area contributed by atoms with E-state index in [1.165, 1.54) is 19.2 Å². The normalized spacial score (nSPS) is 27.1. The number of rotatable bonds is 7. The molecule has 266 valence electrons. The molecule has 5 atom stereocenters. The quantitative estimate of drug-likeness (QED) is 0.232. The van der Waals surface area contributed by atoms with Crippen molar-refractivity contribution in [1.82, 2.24) is 4.90 Å². The zero-order valence-corrected chi connectivity index (χ0v) is 26.4. The minimum Gasteiger partial charge on any atom is -0.496 e. The molecule has 3 saturated carbocycles. The molecule has 4 fully saturated rings. The molecule has 1 heterocycles. The standard InChI is InChI=1S/C34H34F9N3O3/c1-49-26-10-7-19(18-3-2-4-21(13-18)46-15-32(36,37)16-46)14-24(26)31(48)44-28-22(8-9-25(35)27(28)33(38,39)40)29(34(41,42)43)45-30(47)23-12-17-5-6-20(23)11-17/h7-10,14,17-18,20-21,23H,2-6,11-13,15-16H2,1H3,(H,44,48). The van der Waals surface area contributed by atoms with Crippen LogP contribution in [0.3, 0.4) is 0 Å². The third-order valence-electron chi connectivity index (χ3n) is 10.4. The van der Waals surface area contributed by atoms with Crippen LogP contribution in [0, 0.1) is 23.6 Å². The monoisotopic (exact) mass is 703 g/mol. The van der Waals surface area contributed by atoms with Gasteiger partial charge in [0.05, 0.1) is 31.5 Å². The summed E-state index contributed by atoms with van der Waals surface area (Å²) in [5, 5.41) is 1.86. The number of carbonyl (C=O) groups is 2. The van der Waals surface area contributed by atoms with Gasteiger partial charge in [0.2, 0.25) is 5.91 Å². The maximum Gasteiger partial charge on any atom is 0.434 e. The number of fused-ring (bicyclic) bond motifs is 2. The Bertz CT molecular complexity index is 1650. The number of likely N-dealkylation sites (tertiary alicyclic amines) is 1. The van der Waals surface area contributed by atoms with E-state index in [0.717, 1.165) is 6.42 Å². The number of aliphatic imine (C=N–C) groups is 1. The van der Waals surface area contributed by atoms with Crippen molar-refractivity contribution in [3.05, 3.63) is 58.4 Å². The van der Waals surface area contributed by atoms with E-state index < -0.39 is 64.4 Å². The van der Waals surface area contributed by atoms with Gasteiger partial charge in [0, 0.05) is 17.5 Å². The molecule has 6 nitrogen and oxygen atoms in total. The van der Waals surface area contributed by atoms with Gasteiger partial charge in [-0.25, -0.2) is 18.2 Å². The Morgan fingerprint density at radius 3 is 2.27 bits per heavy atom. The van der Waals surface area contributed by atoms with Crippen LogP contribution in [0.4, 0.5) is 45.2 Å². The molecule has 1 aliphatic heterocycles. The van der Waals surface area contributed by atoms with Crippen LogP contribution in [0.1, 0.15) is 84.3 Å². The van der Waals surface area contributed by atoms with Crippen LogP contribution >= 0.6 is 0 Å². The van der Waals surface area contributed by atoms with Gasteiger partial charge in [-0.15, -0.1) is 0 Å². The van der Waals surface area contributed by atoms with Gasteiger partial charge >= 0.3 is 12.4 Å². The average Bonchev–Trinajstić information content (AvgIpc) is 3.66. The van der Waals surface area contributed by atoms with Crippen LogP contribution in [-0.4, -0.2) is 60.8 Å². The number of nitrogens with zero attached hydrogens (tertiary/aromatic N) is 2. The number of benzene rings is 2. The molecule has 2 aromatic rings. The van der Waals surface area contributed by atoms with E-state index >= 15 is 0 Å². The summed E-state index contributed by atoms with van der Waals surface area (Å²) in [6.07, 6.45) is -6.12. The highest BCUT2D eigenvalue weighted by Crippen LogP contribution is 2.49. The number of alkyl halides is 8. The first-order chi connectivity index (χ1) is 22.9. The zero-order valence-electron chi connectivity index (χ0n) is 26.4. The van der Waals surface area contributed by atoms with Crippen LogP contribution in [0.2, 0.25) is 0 Å². The molecule has 0 spiro atoms. The zero-order chi connectivity index (χ0) is 35.5. The number of anilines is 1. The largest absolute Gasteiger partial charge is 0.496 e. The Balaban J connectivity index is 1.36. The Morgan fingerprint density at radius 2 is 1.67 bits per heavy atom. The fraction of sp³-hybridized carbons (Fsp3) is 0.559. The van der Waals surface area contributed by atoms with Gasteiger partial charge in [-0.2, -0.15) is 26.3 Å². The lowest BCUT2D eigenvalue weighted by molar-refractivity contribution is -0.150. The van der Waals surface area contributed by atoms with E-state index in [-0.39, 0.29) is 54.3 Å². The summed E-state index contributed by atoms with van der Waals surface area (Å²) in [6.45, 7) is -0.733. The van der Waals surface area contributed by atoms with Crippen LogP contribution in [0.25, 0.3) is 0 Å². The molecule has 1 saturated heterocycles. The summed E-state index contributed by atoms with van der Waals surface area (Å²) >= 11 is 0. The first kappa shape index (κ1) is 35.2. The summed E-state index contributed by atoms with van der Waals surface area (Å²) in [5.41, 5.74) is -6.80. The number of methoxy groups -OCH3 is 1. The number of carbonyl (C=O) groups excluding carboxylic acids is 2. The molecule has 1 N–H and O–H groups in total. The van der Waals surface area contributed by atoms with Gasteiger partial charge in [0.1, 0.15) is 17.1 Å². The molecule has 49 heavy (non-hydrogen) atoms. The number of halogens is 9. The Labute approximate surface area is 276 Å². The van der Waals surface area contributed by atoms with Gasteiger partial charge in [-0.3, -0.25) is 14.5 Å². The molecule has 2 amide bonds. The van der Waals surface area contributed by atoms with Crippen LogP contribution in [0.15, 0.2) is 35.3 Å². The highest BCUT2D eigenvalue weighted by atomic mass is 19.4. The first-order valence-electron chi connectivity index (χ1n) is 16.2. The van der Waals surface area contributed by atoms with E-state index in [1.807, 2.05) is 5.32 Å². The SMILES string of the molecule is COc1ccc(C2CCCC(N3CC(F)(F)C3)C2)cc1C(=O)Nc1c(C(=NC(=O)C2CC3CCC2C3)C(F)(F)F)ccc(F)c1C(F)(F)F. The van der Waals surface area contributed by atoms with E-state index in [2.05, 4.69) is 4.99 Å². The highest BCUT2D eigenvalue weighted by molar-refractivity contribution is 6.16. The lowest BCUT2D eigenvalue weighted by Crippen LogP contribution is -2.60. The number of ether oxygens (including phenoxy) is 1. The predicted octanol–water partition coefficient (Wildman–Crippen LogP) is 8.40. The summed E-state index contributed by atoms with van der Waals surface area (Å²) < 4.78 is 134. The highest BCUT2D eigenvalue weighted by Gasteiger charge is 2.48. The van der Waals surface area contributed by atoms with Gasteiger partial charge < -0.3 is 10.1 Å². The second-order valence-corrected chi connectivity index (χ2v) is 13.6. The Morgan fingerprint density at radius 1 is 0.939 bits per heavy atom. The molecule has 0 radical (unpaired) electrons. The van der Waals surface area contributed by atoms with Crippen LogP contribution in [-0.2, 0) is 11.0 Å². The smallest absolute Gasteiger partial charge is 0.434 e. The van der Waals surface area contributed by atoms with Crippen molar-refractivity contribution in [2.75, 3.05) is 25.5 Å². The topological polar surface area (TPSA) is 71.0 Å². The summed E-state index contributed by atoms with van der Waals surface area (Å²) in [4.78, 5) is 31.7. The molecule has 15 heteroatoms. The summed E-state index contributed by atoms with van der Waals surface area (Å²) in [7, 11) is 1.18. The second-order valence-electron chi connectivity index (χ2n) is 13.6. The second kappa shape index (κ2) is 12.9. The summed E-state index contributed by atoms with van der Waals surface area (Å²) in [6, 6.07) is 4.78. The number of hydrogen-bond acceptors (Lipinski definition) is 4. The predicted molar refractivity (Wildman–Crippen MR) is 160 cm³/mol. The molecule has 2 aromatic carbocycles. The van der Waals surface area contributed by atoms with Crippen molar-refractivity contribution in [2.45, 2.75) is 81.6 Å². The van der Waals surface area contributed by atoms with Crippen molar-refractivity contribution in [3.8, 4) is 5.75 Å². The fourth-order valence-electron chi connectivity index (χ4n) is 8.14. The fourth-order valence-corrected chi connectivity index (χ4v) is 8.14. The molecular formula is C34H34F9N3O3. The molecular weight excluding hydrogens is 669 g/mol. The van der Waals surface area contributed by atoms with E-state index in [0.29, 0.717) is 56.6 Å². The van der Waals surface area contributed by atoms with Gasteiger partial charge in [-0.05, 0) is 86.1 Å². The minimum absolute atomic E-state index is 0.126. The molecule has 0 aromatic heterocycles. The molecule has 5 unspecified atom stereocenters. The van der Waals surface area contributed by atoms with Gasteiger partial charge in [-0.1, -0.05) is 18.9 Å². The lowest BCUT2D eigenvalue weighted by atomic mass is 9.79. The Kier molecular flexibility index (Phi) is 9.29. The van der Waals surface area contributed by atoms with Gasteiger partial charge in [0.25, 0.3) is 11.8 Å². The van der Waals surface area contributed by atoms with E-state index in [4.69, 9.17) is 4.74 Å². The third kappa shape index (κ3) is 7.18. The Hall–Kier alpha value is -3.62. The molecule has 2 bridgehead atoms. The van der Waals surface area contributed by atoms with Crippen molar-refractivity contribution >= 4 is 23.2 Å². The van der Waals surface area contributed by atoms with Crippen molar-refractivity contribution in [2.24, 2.45) is 22.7 Å². The number of nitrogens with one attached hydrogen (secondary N) is 1. The minimum atomic E-state index is -5.56. The average molecular weight is 704 g/mol. The third-order valence-corrected chi connectivity index (χ3v) is 10.4. The first-order valence-corrected chi connectivity index (χ1v) is 16.2. The van der Waals surface area contributed by atoms with Crippen molar-refractivity contribution in [3.63, 3.8) is 0 Å². The lowest BCUT2D eigenvalue weighted by Gasteiger charge is -2.46. The molecule has 3 aliphatic carbocycles. The molecule has 4 aliphatic rings. The summed E-state index contributed by atoms with van der Waals surface area (Å²) in [5.74, 6) is -8.35. The maximum atomic E-state index is 14.9. The number of hydrogen-bond donors (Lipinski definition) is 1. The van der Waals surface area contributed by atoms with Gasteiger partial charge in [0.15, 0.2) is 5.71 Å². The number of amides is 2. The van der Waals surface area contributed by atoms with E-state index in [9.17, 15) is 49.1 Å². The van der Waals surface area contributed by atoms with Crippen molar-refractivity contribution in [1.29, 1.82) is 0 Å².